The van der Waals surface area contributed by atoms with Gasteiger partial charge in [0.15, 0.2) is 0 Å². The van der Waals surface area contributed by atoms with Crippen LogP contribution in [0.2, 0.25) is 0 Å². The molecule has 0 unspecified atom stereocenters. The largest absolute Gasteiger partial charge is 0.494 e. The monoisotopic (exact) mass is 358 g/mol. The summed E-state index contributed by atoms with van der Waals surface area (Å²) in [7, 11) is 0. The molecule has 0 radical (unpaired) electrons. The Balaban J connectivity index is 1.56. The van der Waals surface area contributed by atoms with Crippen LogP contribution in [0.3, 0.4) is 0 Å². The quantitative estimate of drug-likeness (QED) is 0.535. The molecule has 4 atom stereocenters. The summed E-state index contributed by atoms with van der Waals surface area (Å²) in [5.74, 6) is 3.48. The van der Waals surface area contributed by atoms with Gasteiger partial charge in [0.1, 0.15) is 5.75 Å². The molecule has 0 spiro atoms. The van der Waals surface area contributed by atoms with Crippen molar-refractivity contribution in [1.29, 1.82) is 0 Å². The lowest BCUT2D eigenvalue weighted by molar-refractivity contribution is 0.0815. The highest BCUT2D eigenvalue weighted by Gasteiger charge is 2.52. The molecule has 2 heteroatoms. The van der Waals surface area contributed by atoms with Crippen LogP contribution in [0.1, 0.15) is 75.8 Å². The van der Waals surface area contributed by atoms with Crippen molar-refractivity contribution in [1.82, 2.24) is 0 Å². The van der Waals surface area contributed by atoms with Gasteiger partial charge in [0.2, 0.25) is 0 Å². The van der Waals surface area contributed by atoms with E-state index in [2.05, 4.69) is 32.0 Å². The van der Waals surface area contributed by atoms with E-state index < -0.39 is 0 Å². The highest BCUT2D eigenvalue weighted by atomic mass is 35.5. The number of hydrogen-bond donors (Lipinski definition) is 0. The van der Waals surface area contributed by atoms with Crippen LogP contribution in [0.15, 0.2) is 29.3 Å². The molecule has 25 heavy (non-hydrogen) atoms. The van der Waals surface area contributed by atoms with Crippen molar-refractivity contribution in [3.63, 3.8) is 0 Å². The number of allylic oxidation sites excluding steroid dienone is 1. The van der Waals surface area contributed by atoms with Gasteiger partial charge in [-0.3, -0.25) is 0 Å². The summed E-state index contributed by atoms with van der Waals surface area (Å²) in [6.07, 6.45) is 10.0. The van der Waals surface area contributed by atoms with Crippen LogP contribution in [0.5, 0.6) is 5.75 Å². The summed E-state index contributed by atoms with van der Waals surface area (Å²) in [5.41, 5.74) is 6.94. The molecule has 1 aromatic carbocycles. The molecule has 0 amide bonds. The van der Waals surface area contributed by atoms with E-state index >= 15 is 0 Å². The van der Waals surface area contributed by atoms with Gasteiger partial charge in [0, 0.05) is 5.54 Å². The van der Waals surface area contributed by atoms with Crippen molar-refractivity contribution in [2.45, 2.75) is 71.1 Å². The summed E-state index contributed by atoms with van der Waals surface area (Å²) >= 11 is 6.17. The molecule has 2 saturated carbocycles. The Morgan fingerprint density at radius 3 is 2.92 bits per heavy atom. The number of unbranched alkanes of at least 4 members (excludes halogenated alkanes) is 1. The standard InChI is InChI=1S/C23H31ClO/c1-3-4-13-25-18-7-9-19-16(14-18)5-8-21-20(19)11-12-23(2)17(15-24)6-10-22(21)23/h7,9,14-15,20-22H,3-6,8,10-13H2,1-2H3/t20-,21-,22+,23-/m1/s1. The molecular formula is C23H31ClO. The van der Waals surface area contributed by atoms with Crippen molar-refractivity contribution in [2.24, 2.45) is 17.3 Å². The predicted molar refractivity (Wildman–Crippen MR) is 105 cm³/mol. The Morgan fingerprint density at radius 2 is 2.12 bits per heavy atom. The Kier molecular flexibility index (Phi) is 4.88. The minimum atomic E-state index is 0.365. The van der Waals surface area contributed by atoms with Crippen LogP contribution < -0.4 is 4.74 Å². The van der Waals surface area contributed by atoms with Crippen LogP contribution in [-0.4, -0.2) is 6.61 Å². The summed E-state index contributed by atoms with van der Waals surface area (Å²) in [6, 6.07) is 6.92. The molecule has 0 aliphatic heterocycles. The molecule has 2 fully saturated rings. The summed E-state index contributed by atoms with van der Waals surface area (Å²) in [5, 5.41) is 0. The predicted octanol–water partition coefficient (Wildman–Crippen LogP) is 6.84. The van der Waals surface area contributed by atoms with Gasteiger partial charge < -0.3 is 4.74 Å². The minimum absolute atomic E-state index is 0.365. The smallest absolute Gasteiger partial charge is 0.119 e. The van der Waals surface area contributed by atoms with Crippen molar-refractivity contribution in [2.75, 3.05) is 6.61 Å². The van der Waals surface area contributed by atoms with Gasteiger partial charge in [-0.2, -0.15) is 0 Å². The molecule has 136 valence electrons. The zero-order chi connectivity index (χ0) is 17.4. The fourth-order valence-corrected chi connectivity index (χ4v) is 6.37. The van der Waals surface area contributed by atoms with Crippen LogP contribution in [0.25, 0.3) is 0 Å². The first-order valence-electron chi connectivity index (χ1n) is 10.2. The van der Waals surface area contributed by atoms with Crippen LogP contribution in [-0.2, 0) is 6.42 Å². The maximum absolute atomic E-state index is 6.17. The lowest BCUT2D eigenvalue weighted by Gasteiger charge is -2.49. The first kappa shape index (κ1) is 17.5. The van der Waals surface area contributed by atoms with Crippen LogP contribution in [0, 0.1) is 17.3 Å². The van der Waals surface area contributed by atoms with Gasteiger partial charge in [-0.05, 0) is 91.4 Å². The van der Waals surface area contributed by atoms with E-state index in [9.17, 15) is 0 Å². The second kappa shape index (κ2) is 6.99. The summed E-state index contributed by atoms with van der Waals surface area (Å²) < 4.78 is 5.94. The fraction of sp³-hybridized carbons (Fsp3) is 0.652. The number of halogens is 1. The number of fused-ring (bicyclic) bond motifs is 5. The molecule has 0 N–H and O–H groups in total. The van der Waals surface area contributed by atoms with Crippen LogP contribution >= 0.6 is 11.6 Å². The minimum Gasteiger partial charge on any atom is -0.494 e. The summed E-state index contributed by atoms with van der Waals surface area (Å²) in [6.45, 7) is 5.53. The average molecular weight is 359 g/mol. The molecule has 4 rings (SSSR count). The first-order chi connectivity index (χ1) is 12.2. The van der Waals surface area contributed by atoms with E-state index in [0.29, 0.717) is 5.41 Å². The Bertz CT molecular complexity index is 664. The third kappa shape index (κ3) is 2.93. The van der Waals surface area contributed by atoms with E-state index in [1.807, 2.05) is 5.54 Å². The topological polar surface area (TPSA) is 9.23 Å². The van der Waals surface area contributed by atoms with Gasteiger partial charge >= 0.3 is 0 Å². The Morgan fingerprint density at radius 1 is 1.24 bits per heavy atom. The van der Waals surface area contributed by atoms with Gasteiger partial charge in [-0.1, -0.05) is 43.5 Å². The van der Waals surface area contributed by atoms with Gasteiger partial charge in [0.05, 0.1) is 6.61 Å². The number of hydrogen-bond acceptors (Lipinski definition) is 1. The molecular weight excluding hydrogens is 328 g/mol. The average Bonchev–Trinajstić information content (AvgIpc) is 2.98. The number of rotatable bonds is 4. The molecule has 1 nitrogen and oxygen atoms in total. The second-order valence-electron chi connectivity index (χ2n) is 8.61. The molecule has 3 aliphatic carbocycles. The molecule has 0 aromatic heterocycles. The van der Waals surface area contributed by atoms with Crippen molar-refractivity contribution < 1.29 is 4.74 Å². The maximum atomic E-state index is 6.17. The Labute approximate surface area is 157 Å². The fourth-order valence-electron chi connectivity index (χ4n) is 6.01. The second-order valence-corrected chi connectivity index (χ2v) is 8.83. The molecule has 0 bridgehead atoms. The van der Waals surface area contributed by atoms with Gasteiger partial charge in [0.25, 0.3) is 0 Å². The maximum Gasteiger partial charge on any atom is 0.119 e. The number of benzene rings is 1. The van der Waals surface area contributed by atoms with Gasteiger partial charge in [-0.25, -0.2) is 0 Å². The first-order valence-corrected chi connectivity index (χ1v) is 10.7. The molecule has 3 aliphatic rings. The Hall–Kier alpha value is -0.950. The van der Waals surface area contributed by atoms with Gasteiger partial charge in [-0.15, -0.1) is 0 Å². The highest BCUT2D eigenvalue weighted by Crippen LogP contribution is 2.62. The van der Waals surface area contributed by atoms with Crippen molar-refractivity contribution in [3.05, 3.63) is 40.4 Å². The number of ether oxygens (including phenoxy) is 1. The molecule has 0 heterocycles. The molecule has 1 aromatic rings. The van der Waals surface area contributed by atoms with Crippen LogP contribution in [0.4, 0.5) is 0 Å². The van der Waals surface area contributed by atoms with E-state index in [1.165, 1.54) is 50.5 Å². The summed E-state index contributed by atoms with van der Waals surface area (Å²) in [4.78, 5) is 0. The lowest BCUT2D eigenvalue weighted by Crippen LogP contribution is -2.40. The third-order valence-electron chi connectivity index (χ3n) is 7.44. The van der Waals surface area contributed by atoms with E-state index in [1.54, 1.807) is 11.1 Å². The highest BCUT2D eigenvalue weighted by molar-refractivity contribution is 6.25. The van der Waals surface area contributed by atoms with E-state index in [4.69, 9.17) is 16.3 Å². The van der Waals surface area contributed by atoms with E-state index in [-0.39, 0.29) is 0 Å². The SMILES string of the molecule is CCCCOc1ccc2c(c1)CC[C@@H]1[C@@H]2CC[C@]2(C)C(=CCl)CC[C@@H]12. The normalized spacial score (nSPS) is 35.2. The van der Waals surface area contributed by atoms with Crippen molar-refractivity contribution in [3.8, 4) is 5.75 Å². The van der Waals surface area contributed by atoms with Crippen molar-refractivity contribution >= 4 is 11.6 Å². The zero-order valence-electron chi connectivity index (χ0n) is 15.7. The lowest BCUT2D eigenvalue weighted by atomic mass is 9.55. The zero-order valence-corrected chi connectivity index (χ0v) is 16.4. The molecule has 0 saturated heterocycles. The van der Waals surface area contributed by atoms with E-state index in [0.717, 1.165) is 36.5 Å². The number of aryl methyl sites for hydroxylation is 1. The third-order valence-corrected chi connectivity index (χ3v) is 7.71.